The van der Waals surface area contributed by atoms with Gasteiger partial charge < -0.3 is 29.0 Å². The molecule has 0 spiro atoms. The number of benzene rings is 1. The van der Waals surface area contributed by atoms with E-state index in [0.717, 1.165) is 23.4 Å². The molecule has 1 unspecified atom stereocenters. The van der Waals surface area contributed by atoms with Crippen LogP contribution in [0, 0.1) is 5.92 Å². The number of piperidine rings is 1. The molecular formula is C24H32N4O5. The highest BCUT2D eigenvalue weighted by Crippen LogP contribution is 2.29. The summed E-state index contributed by atoms with van der Waals surface area (Å²) in [5.74, 6) is 0.726. The van der Waals surface area contributed by atoms with Crippen LogP contribution in [0.1, 0.15) is 47.1 Å². The average molecular weight is 457 g/mol. The van der Waals surface area contributed by atoms with E-state index >= 15 is 0 Å². The van der Waals surface area contributed by atoms with Crippen molar-refractivity contribution in [3.63, 3.8) is 0 Å². The molecule has 2 aliphatic heterocycles. The summed E-state index contributed by atoms with van der Waals surface area (Å²) < 4.78 is 18.3. The van der Waals surface area contributed by atoms with Crippen LogP contribution < -0.4 is 10.1 Å². The molecule has 1 N–H and O–H groups in total. The fraction of sp³-hybridized carbons (Fsp3) is 0.542. The number of rotatable bonds is 8. The van der Waals surface area contributed by atoms with Gasteiger partial charge in [-0.3, -0.25) is 9.59 Å². The molecule has 3 heterocycles. The molecule has 4 rings (SSSR count). The zero-order valence-electron chi connectivity index (χ0n) is 19.3. The molecule has 0 aliphatic carbocycles. The number of hydrogen-bond acceptors (Lipinski definition) is 6. The zero-order chi connectivity index (χ0) is 23.2. The molecular weight excluding hydrogens is 424 g/mol. The van der Waals surface area contributed by atoms with E-state index in [-0.39, 0.29) is 23.8 Å². The molecule has 0 saturated carbocycles. The third kappa shape index (κ3) is 5.36. The molecule has 1 atom stereocenters. The van der Waals surface area contributed by atoms with Crippen LogP contribution in [0.3, 0.4) is 0 Å². The zero-order valence-corrected chi connectivity index (χ0v) is 19.3. The maximum atomic E-state index is 13.1. The van der Waals surface area contributed by atoms with Gasteiger partial charge in [0.25, 0.3) is 5.91 Å². The lowest BCUT2D eigenvalue weighted by molar-refractivity contribution is -0.126. The van der Waals surface area contributed by atoms with Gasteiger partial charge in [0, 0.05) is 39.3 Å². The second-order valence-corrected chi connectivity index (χ2v) is 8.47. The normalized spacial score (nSPS) is 18.6. The highest BCUT2D eigenvalue weighted by molar-refractivity contribution is 5.93. The third-order valence-electron chi connectivity index (χ3n) is 6.40. The molecule has 33 heavy (non-hydrogen) atoms. The Hall–Kier alpha value is -2.91. The summed E-state index contributed by atoms with van der Waals surface area (Å²) in [6.07, 6.45) is 3.74. The number of carbonyl (C=O) groups excluding carboxylic acids is 2. The van der Waals surface area contributed by atoms with Gasteiger partial charge in [0.15, 0.2) is 5.69 Å². The van der Waals surface area contributed by atoms with Crippen LogP contribution >= 0.6 is 0 Å². The molecule has 9 heteroatoms. The van der Waals surface area contributed by atoms with Crippen LogP contribution in [-0.2, 0) is 27.4 Å². The van der Waals surface area contributed by atoms with E-state index in [1.54, 1.807) is 25.4 Å². The van der Waals surface area contributed by atoms with Crippen molar-refractivity contribution in [2.24, 2.45) is 5.92 Å². The van der Waals surface area contributed by atoms with E-state index in [0.29, 0.717) is 57.9 Å². The first-order valence-electron chi connectivity index (χ1n) is 11.5. The highest BCUT2D eigenvalue weighted by atomic mass is 16.5. The van der Waals surface area contributed by atoms with Crippen LogP contribution in [0.25, 0.3) is 0 Å². The van der Waals surface area contributed by atoms with E-state index < -0.39 is 0 Å². The van der Waals surface area contributed by atoms with Crippen LogP contribution in [0.15, 0.2) is 30.6 Å². The van der Waals surface area contributed by atoms with E-state index in [1.807, 2.05) is 28.8 Å². The summed E-state index contributed by atoms with van der Waals surface area (Å²) in [7, 11) is 3.29. The second-order valence-electron chi connectivity index (χ2n) is 8.47. The molecule has 1 aromatic carbocycles. The molecule has 178 valence electrons. The molecule has 9 nitrogen and oxygen atoms in total. The fourth-order valence-electron chi connectivity index (χ4n) is 4.39. The largest absolute Gasteiger partial charge is 0.497 e. The Balaban J connectivity index is 1.32. The quantitative estimate of drug-likeness (QED) is 0.612. The first kappa shape index (κ1) is 23.3. The smallest absolute Gasteiger partial charge is 0.274 e. The van der Waals surface area contributed by atoms with E-state index in [4.69, 9.17) is 14.2 Å². The number of imidazole rings is 1. The van der Waals surface area contributed by atoms with Crippen LogP contribution in [0.4, 0.5) is 0 Å². The van der Waals surface area contributed by atoms with Gasteiger partial charge in [0.05, 0.1) is 32.3 Å². The number of hydrogen-bond donors (Lipinski definition) is 1. The lowest BCUT2D eigenvalue weighted by Gasteiger charge is -2.31. The van der Waals surface area contributed by atoms with E-state index in [2.05, 4.69) is 10.3 Å². The van der Waals surface area contributed by atoms with E-state index in [1.165, 1.54) is 0 Å². The van der Waals surface area contributed by atoms with Crippen molar-refractivity contribution in [1.29, 1.82) is 0 Å². The number of fused-ring (bicyclic) bond motifs is 1. The number of carbonyl (C=O) groups is 2. The minimum Gasteiger partial charge on any atom is -0.497 e. The van der Waals surface area contributed by atoms with Gasteiger partial charge in [0.1, 0.15) is 11.9 Å². The summed E-state index contributed by atoms with van der Waals surface area (Å²) in [5, 5.41) is 2.96. The summed E-state index contributed by atoms with van der Waals surface area (Å²) in [6, 6.07) is 7.83. The number of amides is 2. The van der Waals surface area contributed by atoms with Gasteiger partial charge in [-0.2, -0.15) is 0 Å². The van der Waals surface area contributed by atoms with Gasteiger partial charge in [-0.1, -0.05) is 12.1 Å². The topological polar surface area (TPSA) is 94.9 Å². The monoisotopic (exact) mass is 456 g/mol. The van der Waals surface area contributed by atoms with Crippen LogP contribution in [-0.4, -0.2) is 66.7 Å². The van der Waals surface area contributed by atoms with E-state index in [9.17, 15) is 9.59 Å². The Morgan fingerprint density at radius 2 is 1.94 bits per heavy atom. The number of likely N-dealkylation sites (tertiary alicyclic amines) is 1. The number of ether oxygens (including phenoxy) is 3. The Morgan fingerprint density at radius 3 is 2.64 bits per heavy atom. The van der Waals surface area contributed by atoms with Crippen LogP contribution in [0.5, 0.6) is 5.75 Å². The lowest BCUT2D eigenvalue weighted by Crippen LogP contribution is -2.43. The standard InChI is InChI=1S/C24H32N4O5/c1-31-13-3-10-25-23(29)18-8-11-27(12-9-18)24(30)22-20-15-33-21(14-28(20)16-26-22)17-4-6-19(32-2)7-5-17/h4-7,16,18,21H,3,8-15H2,1-2H3,(H,25,29). The summed E-state index contributed by atoms with van der Waals surface area (Å²) in [4.78, 5) is 31.7. The van der Waals surface area contributed by atoms with Gasteiger partial charge in [0.2, 0.25) is 5.91 Å². The van der Waals surface area contributed by atoms with Crippen molar-refractivity contribution < 1.29 is 23.8 Å². The highest BCUT2D eigenvalue weighted by Gasteiger charge is 2.32. The van der Waals surface area contributed by atoms with Crippen molar-refractivity contribution >= 4 is 11.8 Å². The molecule has 2 aromatic rings. The average Bonchev–Trinajstić information content (AvgIpc) is 3.29. The maximum absolute atomic E-state index is 13.1. The van der Waals surface area contributed by atoms with Gasteiger partial charge in [-0.05, 0) is 37.0 Å². The second kappa shape index (κ2) is 10.8. The number of nitrogens with zero attached hydrogens (tertiary/aromatic N) is 3. The number of methoxy groups -OCH3 is 2. The molecule has 1 fully saturated rings. The predicted molar refractivity (Wildman–Crippen MR) is 121 cm³/mol. The minimum absolute atomic E-state index is 0.0545. The summed E-state index contributed by atoms with van der Waals surface area (Å²) in [5.41, 5.74) is 2.32. The third-order valence-corrected chi connectivity index (χ3v) is 6.40. The first-order valence-corrected chi connectivity index (χ1v) is 11.5. The van der Waals surface area contributed by atoms with Gasteiger partial charge in [-0.15, -0.1) is 0 Å². The Labute approximate surface area is 194 Å². The molecule has 0 radical (unpaired) electrons. The molecule has 1 saturated heterocycles. The predicted octanol–water partition coefficient (Wildman–Crippen LogP) is 2.17. The molecule has 2 aliphatic rings. The van der Waals surface area contributed by atoms with Crippen molar-refractivity contribution in [2.75, 3.05) is 40.5 Å². The molecule has 1 aromatic heterocycles. The molecule has 2 amide bonds. The lowest BCUT2D eigenvalue weighted by atomic mass is 9.95. The minimum atomic E-state index is -0.0984. The number of aromatic nitrogens is 2. The van der Waals surface area contributed by atoms with Crippen LogP contribution in [0.2, 0.25) is 0 Å². The maximum Gasteiger partial charge on any atom is 0.274 e. The Kier molecular flexibility index (Phi) is 7.61. The molecule has 0 bridgehead atoms. The summed E-state index contributed by atoms with van der Waals surface area (Å²) >= 11 is 0. The van der Waals surface area contributed by atoms with Gasteiger partial charge >= 0.3 is 0 Å². The fourth-order valence-corrected chi connectivity index (χ4v) is 4.39. The Bertz CT molecular complexity index is 950. The SMILES string of the molecule is COCCCNC(=O)C1CCN(C(=O)c2ncn3c2COC(c2ccc(OC)cc2)C3)CC1. The number of nitrogens with one attached hydrogen (secondary N) is 1. The summed E-state index contributed by atoms with van der Waals surface area (Å²) in [6.45, 7) is 3.29. The van der Waals surface area contributed by atoms with Crippen molar-refractivity contribution in [2.45, 2.75) is 38.5 Å². The van der Waals surface area contributed by atoms with Gasteiger partial charge in [-0.25, -0.2) is 4.98 Å². The Morgan fingerprint density at radius 1 is 1.18 bits per heavy atom. The van der Waals surface area contributed by atoms with Crippen molar-refractivity contribution in [3.05, 3.63) is 47.5 Å². The van der Waals surface area contributed by atoms with Crippen molar-refractivity contribution in [3.8, 4) is 5.75 Å². The first-order chi connectivity index (χ1) is 16.1. The van der Waals surface area contributed by atoms with Crippen molar-refractivity contribution in [1.82, 2.24) is 19.8 Å².